The van der Waals surface area contributed by atoms with Crippen LogP contribution in [-0.4, -0.2) is 26.5 Å². The molecule has 0 radical (unpaired) electrons. The molecule has 28 heavy (non-hydrogen) atoms. The van der Waals surface area contributed by atoms with E-state index in [1.807, 2.05) is 0 Å². The molecule has 0 spiro atoms. The molecule has 0 unspecified atom stereocenters. The predicted molar refractivity (Wildman–Crippen MR) is 95.4 cm³/mol. The number of nitrogens with zero attached hydrogens (tertiary/aromatic N) is 3. The lowest BCUT2D eigenvalue weighted by molar-refractivity contribution is -0.385. The fourth-order valence-corrected chi connectivity index (χ4v) is 2.40. The van der Waals surface area contributed by atoms with Gasteiger partial charge in [-0.25, -0.2) is 4.39 Å². The number of aromatic nitrogens is 2. The third-order valence-corrected chi connectivity index (χ3v) is 3.83. The third kappa shape index (κ3) is 4.64. The predicted octanol–water partition coefficient (Wildman–Crippen LogP) is 3.16. The summed E-state index contributed by atoms with van der Waals surface area (Å²) in [7, 11) is 0. The number of carbonyl (C=O) groups excluding carboxylic acids is 2. The van der Waals surface area contributed by atoms with Gasteiger partial charge in [-0.2, -0.15) is 5.10 Å². The van der Waals surface area contributed by atoms with Gasteiger partial charge >= 0.3 is 11.7 Å². The molecule has 0 aliphatic carbocycles. The van der Waals surface area contributed by atoms with Crippen LogP contribution in [0.2, 0.25) is 0 Å². The summed E-state index contributed by atoms with van der Waals surface area (Å²) in [6, 6.07) is 11.2. The van der Waals surface area contributed by atoms with Gasteiger partial charge in [0.1, 0.15) is 24.0 Å². The van der Waals surface area contributed by atoms with Crippen molar-refractivity contribution in [1.82, 2.24) is 9.78 Å². The minimum atomic E-state index is -0.573. The molecule has 0 saturated carbocycles. The first-order valence-corrected chi connectivity index (χ1v) is 8.20. The van der Waals surface area contributed by atoms with Gasteiger partial charge in [0.2, 0.25) is 0 Å². The van der Waals surface area contributed by atoms with E-state index in [-0.39, 0.29) is 30.2 Å². The smallest absolute Gasteiger partial charge is 0.313 e. The maximum atomic E-state index is 12.9. The molecule has 0 aliphatic heterocycles. The molecular weight excluding hydrogens is 369 g/mol. The Kier molecular flexibility index (Phi) is 5.54. The highest BCUT2D eigenvalue weighted by atomic mass is 19.1. The summed E-state index contributed by atoms with van der Waals surface area (Å²) in [4.78, 5) is 34.2. The van der Waals surface area contributed by atoms with E-state index in [4.69, 9.17) is 4.74 Å². The van der Waals surface area contributed by atoms with Crippen molar-refractivity contribution in [3.05, 3.63) is 88.0 Å². The van der Waals surface area contributed by atoms with Crippen LogP contribution in [0.5, 0.6) is 5.75 Å². The topological polar surface area (TPSA) is 104 Å². The standard InChI is InChI=1S/C19H14FN3O5/c20-15-5-1-13(2-6-15)19(25)14-3-7-17(8-4-14)28-18(24)9-10-22-12-16(11-21-22)23(26)27/h1-8,11-12H,9-10H2. The van der Waals surface area contributed by atoms with E-state index in [2.05, 4.69) is 5.10 Å². The number of halogens is 1. The van der Waals surface area contributed by atoms with Crippen molar-refractivity contribution in [3.8, 4) is 5.75 Å². The monoisotopic (exact) mass is 383 g/mol. The number of hydrogen-bond donors (Lipinski definition) is 0. The van der Waals surface area contributed by atoms with E-state index in [9.17, 15) is 24.1 Å². The highest BCUT2D eigenvalue weighted by Gasteiger charge is 2.12. The first-order chi connectivity index (χ1) is 13.4. The number of esters is 1. The van der Waals surface area contributed by atoms with Crippen LogP contribution in [-0.2, 0) is 11.3 Å². The van der Waals surface area contributed by atoms with E-state index in [0.717, 1.165) is 6.20 Å². The number of ketones is 1. The maximum Gasteiger partial charge on any atom is 0.313 e. The lowest BCUT2D eigenvalue weighted by Gasteiger charge is -2.06. The van der Waals surface area contributed by atoms with Crippen molar-refractivity contribution in [1.29, 1.82) is 0 Å². The van der Waals surface area contributed by atoms with Crippen LogP contribution in [0.1, 0.15) is 22.3 Å². The van der Waals surface area contributed by atoms with Crippen LogP contribution >= 0.6 is 0 Å². The van der Waals surface area contributed by atoms with E-state index in [1.165, 1.54) is 59.4 Å². The van der Waals surface area contributed by atoms with Crippen LogP contribution in [0.4, 0.5) is 10.1 Å². The largest absolute Gasteiger partial charge is 0.426 e. The summed E-state index contributed by atoms with van der Waals surface area (Å²) in [5, 5.41) is 14.4. The molecule has 8 nitrogen and oxygen atoms in total. The molecule has 142 valence electrons. The zero-order chi connectivity index (χ0) is 20.1. The van der Waals surface area contributed by atoms with Gasteiger partial charge in [0.05, 0.1) is 17.9 Å². The molecule has 3 rings (SSSR count). The first-order valence-electron chi connectivity index (χ1n) is 8.20. The molecule has 0 fully saturated rings. The SMILES string of the molecule is O=C(CCn1cc([N+](=O)[O-])cn1)Oc1ccc(C(=O)c2ccc(F)cc2)cc1. The van der Waals surface area contributed by atoms with Crippen LogP contribution in [0, 0.1) is 15.9 Å². The Labute approximate surface area is 158 Å². The minimum absolute atomic E-state index is 0.0326. The lowest BCUT2D eigenvalue weighted by atomic mass is 10.0. The molecule has 0 aliphatic rings. The van der Waals surface area contributed by atoms with E-state index >= 15 is 0 Å². The molecule has 3 aromatic rings. The Balaban J connectivity index is 1.55. The Morgan fingerprint density at radius 3 is 2.25 bits per heavy atom. The molecule has 0 atom stereocenters. The van der Waals surface area contributed by atoms with E-state index in [0.29, 0.717) is 11.1 Å². The van der Waals surface area contributed by atoms with Gasteiger partial charge in [0.25, 0.3) is 0 Å². The lowest BCUT2D eigenvalue weighted by Crippen LogP contribution is -2.12. The number of ether oxygens (including phenoxy) is 1. The van der Waals surface area contributed by atoms with Gasteiger partial charge in [0, 0.05) is 11.1 Å². The molecular formula is C19H14FN3O5. The van der Waals surface area contributed by atoms with Crippen molar-refractivity contribution < 1.29 is 23.6 Å². The minimum Gasteiger partial charge on any atom is -0.426 e. The second-order valence-electron chi connectivity index (χ2n) is 5.80. The normalized spacial score (nSPS) is 10.5. The summed E-state index contributed by atoms with van der Waals surface area (Å²) in [5.74, 6) is -0.996. The second-order valence-corrected chi connectivity index (χ2v) is 5.80. The number of aryl methyl sites for hydroxylation is 1. The average Bonchev–Trinajstić information content (AvgIpc) is 3.16. The van der Waals surface area contributed by atoms with E-state index < -0.39 is 16.7 Å². The van der Waals surface area contributed by atoms with Gasteiger partial charge in [-0.05, 0) is 48.5 Å². The van der Waals surface area contributed by atoms with E-state index in [1.54, 1.807) is 0 Å². The Hall–Kier alpha value is -3.88. The Morgan fingerprint density at radius 1 is 1.07 bits per heavy atom. The number of rotatable bonds is 7. The zero-order valence-electron chi connectivity index (χ0n) is 14.4. The molecule has 2 aromatic carbocycles. The fourth-order valence-electron chi connectivity index (χ4n) is 2.40. The average molecular weight is 383 g/mol. The fraction of sp³-hybridized carbons (Fsp3) is 0.105. The number of hydrogen-bond acceptors (Lipinski definition) is 6. The number of nitro groups is 1. The van der Waals surface area contributed by atoms with Crippen LogP contribution in [0.3, 0.4) is 0 Å². The van der Waals surface area contributed by atoms with Gasteiger partial charge in [-0.3, -0.25) is 24.4 Å². The molecule has 9 heteroatoms. The van der Waals surface area contributed by atoms with Gasteiger partial charge < -0.3 is 4.74 Å². The summed E-state index contributed by atoms with van der Waals surface area (Å²) < 4.78 is 19.4. The van der Waals surface area contributed by atoms with Gasteiger partial charge in [0.15, 0.2) is 5.78 Å². The van der Waals surface area contributed by atoms with Crippen molar-refractivity contribution in [2.75, 3.05) is 0 Å². The van der Waals surface area contributed by atoms with Crippen molar-refractivity contribution in [2.45, 2.75) is 13.0 Å². The second kappa shape index (κ2) is 8.21. The van der Waals surface area contributed by atoms with Crippen LogP contribution in [0.25, 0.3) is 0 Å². The summed E-state index contributed by atoms with van der Waals surface area (Å²) in [6.45, 7) is 0.133. The highest BCUT2D eigenvalue weighted by Crippen LogP contribution is 2.17. The summed E-state index contributed by atoms with van der Waals surface area (Å²) >= 11 is 0. The van der Waals surface area contributed by atoms with Crippen molar-refractivity contribution >= 4 is 17.4 Å². The number of benzene rings is 2. The zero-order valence-corrected chi connectivity index (χ0v) is 14.4. The van der Waals surface area contributed by atoms with Gasteiger partial charge in [-0.15, -0.1) is 0 Å². The molecule has 0 saturated heterocycles. The Bertz CT molecular complexity index is 1010. The van der Waals surface area contributed by atoms with Gasteiger partial charge in [-0.1, -0.05) is 0 Å². The molecule has 0 amide bonds. The third-order valence-electron chi connectivity index (χ3n) is 3.83. The highest BCUT2D eigenvalue weighted by molar-refractivity contribution is 6.09. The first kappa shape index (κ1) is 18.9. The molecule has 1 aromatic heterocycles. The quantitative estimate of drug-likeness (QED) is 0.204. The maximum absolute atomic E-state index is 12.9. The molecule has 0 bridgehead atoms. The molecule has 1 heterocycles. The number of carbonyl (C=O) groups is 2. The Morgan fingerprint density at radius 2 is 1.68 bits per heavy atom. The summed E-state index contributed by atoms with van der Waals surface area (Å²) in [6.07, 6.45) is 2.29. The van der Waals surface area contributed by atoms with Crippen molar-refractivity contribution in [2.24, 2.45) is 0 Å². The van der Waals surface area contributed by atoms with Crippen molar-refractivity contribution in [3.63, 3.8) is 0 Å². The van der Waals surface area contributed by atoms with Crippen LogP contribution in [0.15, 0.2) is 60.9 Å². The summed E-state index contributed by atoms with van der Waals surface area (Å²) in [5.41, 5.74) is 0.560. The van der Waals surface area contributed by atoms with Crippen LogP contribution < -0.4 is 4.74 Å². The molecule has 0 N–H and O–H groups in total.